The Morgan fingerprint density at radius 1 is 0.392 bits per heavy atom. The Hall–Kier alpha value is -8.72. The molecule has 0 radical (unpaired) electrons. The highest BCUT2D eigenvalue weighted by Crippen LogP contribution is 2.63. The topological polar surface area (TPSA) is 25.8 Å². The molecule has 6 aliphatic carbocycles. The highest BCUT2D eigenvalue weighted by molar-refractivity contribution is 6.35. The van der Waals surface area contributed by atoms with Gasteiger partial charge >= 0.3 is 0 Å². The molecule has 346 valence electrons. The molecule has 0 saturated heterocycles. The van der Waals surface area contributed by atoms with Gasteiger partial charge in [-0.1, -0.05) is 140 Å². The lowest BCUT2D eigenvalue weighted by molar-refractivity contribution is 0.722. The van der Waals surface area contributed by atoms with Crippen molar-refractivity contribution in [3.05, 3.63) is 238 Å². The summed E-state index contributed by atoms with van der Waals surface area (Å²) in [6.45, 7) is 8.78. The van der Waals surface area contributed by atoms with Gasteiger partial charge in [0, 0.05) is 28.8 Å². The van der Waals surface area contributed by atoms with Gasteiger partial charge in [-0.05, 0) is 243 Å². The van der Waals surface area contributed by atoms with Crippen LogP contribution < -0.4 is 5.22 Å². The molecule has 2 heteroatoms. The summed E-state index contributed by atoms with van der Waals surface area (Å²) < 4.78 is 0. The van der Waals surface area contributed by atoms with Crippen molar-refractivity contribution >= 4 is 65.4 Å². The summed E-state index contributed by atoms with van der Waals surface area (Å²) in [5, 5.41) is 12.5. The molecule has 0 amide bonds. The molecule has 0 spiro atoms. The van der Waals surface area contributed by atoms with Crippen molar-refractivity contribution in [3.8, 4) is 66.9 Å². The molecule has 74 heavy (non-hydrogen) atoms. The smallest absolute Gasteiger partial charge is 0.0705 e. The number of hydrogen-bond donors (Lipinski definition) is 0. The van der Waals surface area contributed by atoms with Gasteiger partial charge in [0.25, 0.3) is 0 Å². The molecule has 0 saturated carbocycles. The van der Waals surface area contributed by atoms with Gasteiger partial charge in [0.2, 0.25) is 0 Å². The number of nitrogens with zero attached hydrogens (tertiary/aromatic N) is 2. The van der Waals surface area contributed by atoms with E-state index in [1.54, 1.807) is 0 Å². The highest BCUT2D eigenvalue weighted by Gasteiger charge is 2.42. The summed E-state index contributed by atoms with van der Waals surface area (Å²) in [5.74, 6) is 0.449. The Labute approximate surface area is 430 Å². The van der Waals surface area contributed by atoms with Crippen LogP contribution in [-0.4, -0.2) is 9.97 Å². The first-order valence-electron chi connectivity index (χ1n) is 26.5. The van der Waals surface area contributed by atoms with Crippen LogP contribution in [0.15, 0.2) is 182 Å². The maximum atomic E-state index is 5.05. The summed E-state index contributed by atoms with van der Waals surface area (Å²) in [7, 11) is 0. The second kappa shape index (κ2) is 14.5. The maximum Gasteiger partial charge on any atom is 0.0705 e. The van der Waals surface area contributed by atoms with Crippen molar-refractivity contribution in [1.29, 1.82) is 0 Å². The van der Waals surface area contributed by atoms with E-state index in [-0.39, 0.29) is 11.8 Å². The van der Waals surface area contributed by atoms with Crippen LogP contribution in [0.3, 0.4) is 0 Å². The van der Waals surface area contributed by atoms with Crippen LogP contribution in [0.4, 0.5) is 0 Å². The Morgan fingerprint density at radius 2 is 0.986 bits per heavy atom. The van der Waals surface area contributed by atoms with Gasteiger partial charge in [0.1, 0.15) is 0 Å². The van der Waals surface area contributed by atoms with Gasteiger partial charge in [-0.15, -0.1) is 0 Å². The Morgan fingerprint density at radius 3 is 1.68 bits per heavy atom. The number of benzene rings is 9. The lowest BCUT2D eigenvalue weighted by Gasteiger charge is -2.31. The summed E-state index contributed by atoms with van der Waals surface area (Å²) in [5.41, 5.74) is 32.6. The van der Waals surface area contributed by atoms with Crippen LogP contribution in [0, 0.1) is 39.5 Å². The molecule has 0 bridgehead atoms. The molecule has 17 rings (SSSR count). The van der Waals surface area contributed by atoms with Crippen molar-refractivity contribution < 1.29 is 0 Å². The van der Waals surface area contributed by atoms with Crippen molar-refractivity contribution in [3.63, 3.8) is 0 Å². The Bertz CT molecular complexity index is 4700. The summed E-state index contributed by atoms with van der Waals surface area (Å²) in [6.07, 6.45) is 13.9. The van der Waals surface area contributed by atoms with Crippen LogP contribution >= 0.6 is 0 Å². The maximum absolute atomic E-state index is 5.05. The van der Waals surface area contributed by atoms with E-state index in [0.717, 1.165) is 35.6 Å². The molecule has 0 aliphatic heterocycles. The Kier molecular flexibility index (Phi) is 7.99. The van der Waals surface area contributed by atoms with E-state index in [9.17, 15) is 0 Å². The van der Waals surface area contributed by atoms with Crippen LogP contribution in [0.5, 0.6) is 0 Å². The van der Waals surface area contributed by atoms with Gasteiger partial charge in [0.15, 0.2) is 0 Å². The third kappa shape index (κ3) is 5.20. The van der Waals surface area contributed by atoms with E-state index in [1.165, 1.54) is 165 Å². The van der Waals surface area contributed by atoms with Crippen LogP contribution in [0.25, 0.3) is 132 Å². The van der Waals surface area contributed by atoms with E-state index in [0.29, 0.717) is 0 Å². The standard InChI is InChI=1S/C72H48N2/c1-37-12-5-7-16-42(37)65-60-35-58-47-19-11-18-46-45(63-21-10-15-40(4)74-63)24-25-53(64(46)47)59(58)36-61(60)66(43-17-8-6-13-38(43)2)72-56-33-31-52-50-28-29-54-57-34-41(62-20-9-14-39(3)73-62)22-23-44(57)48-26-27-49(68(50)67(48)54)51-30-32-55(71(65)72)70(56)69(51)52/h5-27,30-36,46,64H,28-29H2,1-4H3. The number of allylic oxidation sites excluding steroid dienone is 8. The molecule has 6 aliphatic rings. The predicted octanol–water partition coefficient (Wildman–Crippen LogP) is 17.5. The average molecular weight is 941 g/mol. The van der Waals surface area contributed by atoms with E-state index in [1.807, 2.05) is 0 Å². The molecular weight excluding hydrogens is 893 g/mol. The van der Waals surface area contributed by atoms with E-state index in [4.69, 9.17) is 9.97 Å². The van der Waals surface area contributed by atoms with Gasteiger partial charge in [-0.25, -0.2) is 0 Å². The van der Waals surface area contributed by atoms with Gasteiger partial charge in [-0.3, -0.25) is 9.97 Å². The monoisotopic (exact) mass is 940 g/mol. The quantitative estimate of drug-likeness (QED) is 0.130. The van der Waals surface area contributed by atoms with E-state index < -0.39 is 0 Å². The lowest BCUT2D eigenvalue weighted by atomic mass is 9.72. The average Bonchev–Trinajstić information content (AvgIpc) is 4.13. The zero-order valence-electron chi connectivity index (χ0n) is 41.8. The second-order valence-corrected chi connectivity index (χ2v) is 21.9. The first-order chi connectivity index (χ1) is 36.4. The fraction of sp³-hybridized carbons (Fsp3) is 0.111. The molecule has 2 heterocycles. The summed E-state index contributed by atoms with van der Waals surface area (Å²) in [4.78, 5) is 9.98. The molecule has 0 fully saturated rings. The number of hydrogen-bond acceptors (Lipinski definition) is 2. The summed E-state index contributed by atoms with van der Waals surface area (Å²) in [6, 6.07) is 58.1. The summed E-state index contributed by atoms with van der Waals surface area (Å²) >= 11 is 0. The number of aryl methyl sites for hydroxylation is 5. The molecule has 9 aromatic carbocycles. The van der Waals surface area contributed by atoms with Gasteiger partial charge in [-0.2, -0.15) is 0 Å². The molecule has 2 aromatic heterocycles. The van der Waals surface area contributed by atoms with Gasteiger partial charge < -0.3 is 0 Å². The highest BCUT2D eigenvalue weighted by atomic mass is 14.7. The first-order valence-corrected chi connectivity index (χ1v) is 26.5. The lowest BCUT2D eigenvalue weighted by Crippen LogP contribution is -2.19. The zero-order chi connectivity index (χ0) is 48.8. The van der Waals surface area contributed by atoms with E-state index in [2.05, 4.69) is 210 Å². The zero-order valence-corrected chi connectivity index (χ0v) is 41.8. The van der Waals surface area contributed by atoms with Crippen LogP contribution in [0.1, 0.15) is 56.9 Å². The fourth-order valence-electron chi connectivity index (χ4n) is 15.0. The third-order valence-corrected chi connectivity index (χ3v) is 18.1. The number of pyridine rings is 2. The first kappa shape index (κ1) is 40.8. The van der Waals surface area contributed by atoms with E-state index >= 15 is 0 Å². The molecule has 2 nitrogen and oxygen atoms in total. The van der Waals surface area contributed by atoms with Gasteiger partial charge in [0.05, 0.1) is 11.4 Å². The number of fused-ring (bicyclic) bond motifs is 12. The number of aromatic nitrogens is 2. The van der Waals surface area contributed by atoms with Crippen LogP contribution in [-0.2, 0) is 6.42 Å². The molecule has 0 N–H and O–H groups in total. The van der Waals surface area contributed by atoms with Crippen molar-refractivity contribution in [2.24, 2.45) is 11.8 Å². The minimum atomic E-state index is 0.213. The third-order valence-electron chi connectivity index (χ3n) is 18.1. The minimum Gasteiger partial charge on any atom is -0.253 e. The molecule has 2 atom stereocenters. The largest absolute Gasteiger partial charge is 0.253 e. The second-order valence-electron chi connectivity index (χ2n) is 21.9. The fourth-order valence-corrected chi connectivity index (χ4v) is 15.0. The van der Waals surface area contributed by atoms with Crippen molar-refractivity contribution in [2.75, 3.05) is 0 Å². The van der Waals surface area contributed by atoms with Crippen molar-refractivity contribution in [2.45, 2.75) is 40.5 Å². The SMILES string of the molecule is Cc1cccc(C2=CC=C3c4cc5c(-c6ccccc6C)c6c(c(-c7ccccc7C)c5cc4C4=CC=CC2C34)-c2ccc3c4ccc5c7c4c(c4ccc-6c2c43)CCC=7c2cc(-c3cccc(C)n3)ccc2-5)n1. The predicted molar refractivity (Wildman–Crippen MR) is 310 cm³/mol. The van der Waals surface area contributed by atoms with Crippen molar-refractivity contribution in [1.82, 2.24) is 9.97 Å². The molecule has 2 unspecified atom stereocenters. The minimum absolute atomic E-state index is 0.213. The molecular formula is C72H48N2. The number of rotatable bonds is 4. The van der Waals surface area contributed by atoms with Crippen LogP contribution in [0.2, 0.25) is 0 Å². The normalized spacial score (nSPS) is 17.0. The molecule has 11 aromatic rings. The Balaban J connectivity index is 0.960.